The number of hydrogen-bond donors (Lipinski definition) is 2. The third-order valence-corrected chi connectivity index (χ3v) is 4.40. The molecule has 0 aliphatic heterocycles. The molecule has 3 aromatic rings. The van der Waals surface area contributed by atoms with E-state index in [1.807, 2.05) is 32.3 Å². The first-order valence-electron chi connectivity index (χ1n) is 9.07. The van der Waals surface area contributed by atoms with Gasteiger partial charge < -0.3 is 19.6 Å². The van der Waals surface area contributed by atoms with E-state index in [0.717, 1.165) is 30.2 Å². The van der Waals surface area contributed by atoms with Crippen LogP contribution in [0, 0.1) is 13.8 Å². The van der Waals surface area contributed by atoms with Crippen molar-refractivity contribution in [1.29, 1.82) is 0 Å². The van der Waals surface area contributed by atoms with Crippen molar-refractivity contribution in [1.82, 2.24) is 25.2 Å². The van der Waals surface area contributed by atoms with Crippen LogP contribution in [0.2, 0.25) is 0 Å². The number of hydrogen-bond acceptors (Lipinski definition) is 4. The fourth-order valence-electron chi connectivity index (χ4n) is 2.76. The smallest absolute Gasteiger partial charge is 0.214 e. The van der Waals surface area contributed by atoms with E-state index in [4.69, 9.17) is 4.42 Å². The molecule has 27 heavy (non-hydrogen) atoms. The summed E-state index contributed by atoms with van der Waals surface area (Å²) in [6.07, 6.45) is 4.81. The Balaban J connectivity index is 1.50. The molecule has 0 saturated heterocycles. The van der Waals surface area contributed by atoms with Gasteiger partial charge in [0.15, 0.2) is 5.96 Å². The van der Waals surface area contributed by atoms with Gasteiger partial charge in [-0.2, -0.15) is 0 Å². The van der Waals surface area contributed by atoms with E-state index in [1.165, 1.54) is 5.56 Å². The maximum Gasteiger partial charge on any atom is 0.214 e. The van der Waals surface area contributed by atoms with E-state index >= 15 is 0 Å². The van der Waals surface area contributed by atoms with Crippen LogP contribution in [0.15, 0.2) is 52.1 Å². The van der Waals surface area contributed by atoms with Crippen LogP contribution in [0.3, 0.4) is 0 Å². The minimum Gasteiger partial charge on any atom is -0.444 e. The SMILES string of the molecule is CN=C(NCc1nc(C)c(C)o1)NCc1nccn1CCc1ccccc1. The summed E-state index contributed by atoms with van der Waals surface area (Å²) in [5, 5.41) is 6.50. The minimum atomic E-state index is 0.483. The van der Waals surface area contributed by atoms with Gasteiger partial charge in [-0.3, -0.25) is 4.99 Å². The summed E-state index contributed by atoms with van der Waals surface area (Å²) < 4.78 is 7.74. The second-order valence-electron chi connectivity index (χ2n) is 6.30. The summed E-state index contributed by atoms with van der Waals surface area (Å²) in [7, 11) is 1.74. The lowest BCUT2D eigenvalue weighted by molar-refractivity contribution is 0.463. The van der Waals surface area contributed by atoms with Gasteiger partial charge in [-0.25, -0.2) is 9.97 Å². The highest BCUT2D eigenvalue weighted by atomic mass is 16.4. The van der Waals surface area contributed by atoms with Gasteiger partial charge in [0, 0.05) is 26.0 Å². The van der Waals surface area contributed by atoms with E-state index in [9.17, 15) is 0 Å². The fraction of sp³-hybridized carbons (Fsp3) is 0.350. The molecule has 3 rings (SSSR count). The molecule has 2 N–H and O–H groups in total. The predicted molar refractivity (Wildman–Crippen MR) is 105 cm³/mol. The number of aromatic nitrogens is 3. The molecule has 0 fully saturated rings. The summed E-state index contributed by atoms with van der Waals surface area (Å²) >= 11 is 0. The van der Waals surface area contributed by atoms with E-state index in [1.54, 1.807) is 7.05 Å². The molecule has 7 heteroatoms. The van der Waals surface area contributed by atoms with Gasteiger partial charge in [-0.1, -0.05) is 30.3 Å². The molecule has 2 heterocycles. The van der Waals surface area contributed by atoms with E-state index in [0.29, 0.717) is 24.9 Å². The zero-order chi connectivity index (χ0) is 19.1. The van der Waals surface area contributed by atoms with E-state index in [-0.39, 0.29) is 0 Å². The van der Waals surface area contributed by atoms with Crippen molar-refractivity contribution >= 4 is 5.96 Å². The number of nitrogens with one attached hydrogen (secondary N) is 2. The van der Waals surface area contributed by atoms with Gasteiger partial charge in [-0.15, -0.1) is 0 Å². The van der Waals surface area contributed by atoms with Crippen molar-refractivity contribution in [3.05, 3.63) is 71.5 Å². The standard InChI is InChI=1S/C20H26N6O/c1-15-16(2)27-19(25-15)14-24-20(21-3)23-13-18-22-10-12-26(18)11-9-17-7-5-4-6-8-17/h4-8,10,12H,9,11,13-14H2,1-3H3,(H2,21,23,24). The van der Waals surface area contributed by atoms with Crippen molar-refractivity contribution in [2.24, 2.45) is 4.99 Å². The summed E-state index contributed by atoms with van der Waals surface area (Å²) in [5.74, 6) is 3.14. The Hall–Kier alpha value is -3.09. The van der Waals surface area contributed by atoms with Crippen LogP contribution in [-0.4, -0.2) is 27.5 Å². The molecule has 0 radical (unpaired) electrons. The van der Waals surface area contributed by atoms with Gasteiger partial charge in [0.25, 0.3) is 0 Å². The van der Waals surface area contributed by atoms with Gasteiger partial charge in [0.05, 0.1) is 18.8 Å². The number of oxazole rings is 1. The Morgan fingerprint density at radius 1 is 1.15 bits per heavy atom. The molecule has 142 valence electrons. The summed E-state index contributed by atoms with van der Waals surface area (Å²) in [5.41, 5.74) is 2.23. The molecule has 0 saturated carbocycles. The van der Waals surface area contributed by atoms with E-state index in [2.05, 4.69) is 54.4 Å². The molecule has 0 aliphatic rings. The van der Waals surface area contributed by atoms with Crippen LogP contribution in [0.5, 0.6) is 0 Å². The lowest BCUT2D eigenvalue weighted by Gasteiger charge is -2.12. The lowest BCUT2D eigenvalue weighted by Crippen LogP contribution is -2.37. The first kappa shape index (κ1) is 18.7. The number of nitrogens with zero attached hydrogens (tertiary/aromatic N) is 4. The topological polar surface area (TPSA) is 80.3 Å². The number of aryl methyl sites for hydroxylation is 4. The van der Waals surface area contributed by atoms with Crippen LogP contribution >= 0.6 is 0 Å². The predicted octanol–water partition coefficient (Wildman–Crippen LogP) is 2.60. The summed E-state index contributed by atoms with van der Waals surface area (Å²) in [6, 6.07) is 10.5. The van der Waals surface area contributed by atoms with E-state index < -0.39 is 0 Å². The quantitative estimate of drug-likeness (QED) is 0.496. The average Bonchev–Trinajstić information content (AvgIpc) is 3.27. The Morgan fingerprint density at radius 2 is 1.93 bits per heavy atom. The van der Waals surface area contributed by atoms with Crippen molar-refractivity contribution in [3.8, 4) is 0 Å². The Kier molecular flexibility index (Phi) is 6.25. The highest BCUT2D eigenvalue weighted by Crippen LogP contribution is 2.08. The summed E-state index contributed by atoms with van der Waals surface area (Å²) in [4.78, 5) is 13.1. The zero-order valence-electron chi connectivity index (χ0n) is 16.1. The zero-order valence-corrected chi connectivity index (χ0v) is 16.1. The van der Waals surface area contributed by atoms with Crippen LogP contribution in [-0.2, 0) is 26.1 Å². The number of rotatable bonds is 7. The van der Waals surface area contributed by atoms with Crippen LogP contribution < -0.4 is 10.6 Å². The second-order valence-corrected chi connectivity index (χ2v) is 6.30. The van der Waals surface area contributed by atoms with Crippen LogP contribution in [0.4, 0.5) is 0 Å². The molecule has 1 aromatic carbocycles. The third-order valence-electron chi connectivity index (χ3n) is 4.40. The Bertz CT molecular complexity index is 862. The normalized spacial score (nSPS) is 11.6. The Morgan fingerprint density at radius 3 is 2.63 bits per heavy atom. The number of imidazole rings is 1. The number of aliphatic imine (C=N–C) groups is 1. The maximum atomic E-state index is 5.58. The second kappa shape index (κ2) is 9.02. The molecule has 0 aliphatic carbocycles. The molecular formula is C20H26N6O. The number of guanidine groups is 1. The molecule has 7 nitrogen and oxygen atoms in total. The minimum absolute atomic E-state index is 0.483. The largest absolute Gasteiger partial charge is 0.444 e. The average molecular weight is 366 g/mol. The first-order chi connectivity index (χ1) is 13.2. The molecular weight excluding hydrogens is 340 g/mol. The van der Waals surface area contributed by atoms with Gasteiger partial charge in [-0.05, 0) is 25.8 Å². The summed E-state index contributed by atoms with van der Waals surface area (Å²) in [6.45, 7) is 5.81. The molecule has 0 spiro atoms. The van der Waals surface area contributed by atoms with Crippen molar-refractivity contribution in [2.45, 2.75) is 39.9 Å². The Labute approximate surface area is 159 Å². The van der Waals surface area contributed by atoms with Crippen LogP contribution in [0.1, 0.15) is 28.7 Å². The molecule has 0 atom stereocenters. The van der Waals surface area contributed by atoms with Gasteiger partial charge >= 0.3 is 0 Å². The third kappa shape index (κ3) is 5.20. The maximum absolute atomic E-state index is 5.58. The molecule has 0 unspecified atom stereocenters. The van der Waals surface area contributed by atoms with Gasteiger partial charge in [0.1, 0.15) is 11.6 Å². The fourth-order valence-corrected chi connectivity index (χ4v) is 2.76. The molecule has 2 aromatic heterocycles. The first-order valence-corrected chi connectivity index (χ1v) is 9.07. The number of benzene rings is 1. The van der Waals surface area contributed by atoms with Crippen molar-refractivity contribution in [2.75, 3.05) is 7.05 Å². The van der Waals surface area contributed by atoms with Crippen LogP contribution in [0.25, 0.3) is 0 Å². The molecule has 0 amide bonds. The van der Waals surface area contributed by atoms with Crippen molar-refractivity contribution < 1.29 is 4.42 Å². The highest BCUT2D eigenvalue weighted by Gasteiger charge is 2.08. The van der Waals surface area contributed by atoms with Gasteiger partial charge in [0.2, 0.25) is 5.89 Å². The highest BCUT2D eigenvalue weighted by molar-refractivity contribution is 5.79. The lowest BCUT2D eigenvalue weighted by atomic mass is 10.1. The molecule has 0 bridgehead atoms. The monoisotopic (exact) mass is 366 g/mol. The van der Waals surface area contributed by atoms with Crippen molar-refractivity contribution in [3.63, 3.8) is 0 Å².